The van der Waals surface area contributed by atoms with Crippen LogP contribution in [-0.4, -0.2) is 14.8 Å². The van der Waals surface area contributed by atoms with Crippen LogP contribution < -0.4 is 0 Å². The number of halogens is 1. The van der Waals surface area contributed by atoms with Gasteiger partial charge in [0.1, 0.15) is 0 Å². The average molecular weight is 262 g/mol. The van der Waals surface area contributed by atoms with Crippen LogP contribution in [0.4, 0.5) is 17.1 Å². The highest BCUT2D eigenvalue weighted by molar-refractivity contribution is 6.17. The molecule has 0 spiro atoms. The van der Waals surface area contributed by atoms with Crippen molar-refractivity contribution >= 4 is 28.7 Å². The van der Waals surface area contributed by atoms with Crippen LogP contribution in [0.15, 0.2) is 12.1 Å². The molecule has 0 fully saturated rings. The molecule has 0 aliphatic rings. The van der Waals surface area contributed by atoms with E-state index in [-0.39, 0.29) is 11.4 Å². The van der Waals surface area contributed by atoms with E-state index in [0.717, 1.165) is 12.1 Å². The fourth-order valence-electron chi connectivity index (χ4n) is 1.25. The van der Waals surface area contributed by atoms with Crippen LogP contribution in [0.5, 0.6) is 0 Å². The maximum Gasteiger partial charge on any atom is 0.422 e. The molecule has 0 aliphatic heterocycles. The van der Waals surface area contributed by atoms with Crippen molar-refractivity contribution in [2.24, 2.45) is 0 Å². The molecule has 0 radical (unpaired) electrons. The van der Waals surface area contributed by atoms with E-state index in [2.05, 4.69) is 0 Å². The number of hydrogen-bond acceptors (Lipinski definition) is 6. The summed E-state index contributed by atoms with van der Waals surface area (Å²) < 4.78 is 0. The summed E-state index contributed by atoms with van der Waals surface area (Å²) in [4.78, 5) is 28.7. The highest BCUT2D eigenvalue weighted by Gasteiger charge is 2.38. The Kier molecular flexibility index (Phi) is 3.53. The van der Waals surface area contributed by atoms with Gasteiger partial charge in [-0.2, -0.15) is 0 Å². The second kappa shape index (κ2) is 4.70. The summed E-state index contributed by atoms with van der Waals surface area (Å²) in [6.07, 6.45) is 0. The van der Waals surface area contributed by atoms with Crippen molar-refractivity contribution in [3.63, 3.8) is 0 Å². The van der Waals surface area contributed by atoms with Gasteiger partial charge in [0.05, 0.1) is 26.2 Å². The van der Waals surface area contributed by atoms with Crippen LogP contribution in [0.25, 0.3) is 0 Å². The first-order valence-corrected chi connectivity index (χ1v) is 4.58. The minimum Gasteiger partial charge on any atom is -0.258 e. The van der Waals surface area contributed by atoms with Crippen molar-refractivity contribution in [1.82, 2.24) is 0 Å². The molecule has 0 saturated carbocycles. The minimum absolute atomic E-state index is 0.144. The predicted molar refractivity (Wildman–Crippen MR) is 56.0 cm³/mol. The van der Waals surface area contributed by atoms with Crippen molar-refractivity contribution in [1.29, 1.82) is 0 Å². The molecule has 9 nitrogen and oxygen atoms in total. The third-order valence-corrected chi connectivity index (χ3v) is 2.21. The van der Waals surface area contributed by atoms with E-state index in [1.807, 2.05) is 0 Å². The third kappa shape index (κ3) is 2.28. The Morgan fingerprint density at radius 2 is 1.47 bits per heavy atom. The lowest BCUT2D eigenvalue weighted by Gasteiger charge is -2.00. The molecule has 17 heavy (non-hydrogen) atoms. The maximum absolute atomic E-state index is 10.7. The van der Waals surface area contributed by atoms with Crippen LogP contribution in [0, 0.1) is 30.3 Å². The van der Waals surface area contributed by atoms with Gasteiger partial charge in [0.25, 0.3) is 0 Å². The van der Waals surface area contributed by atoms with E-state index in [1.165, 1.54) is 0 Å². The smallest absolute Gasteiger partial charge is 0.258 e. The topological polar surface area (TPSA) is 129 Å². The van der Waals surface area contributed by atoms with Gasteiger partial charge in [-0.3, -0.25) is 30.3 Å². The van der Waals surface area contributed by atoms with Gasteiger partial charge >= 0.3 is 17.1 Å². The van der Waals surface area contributed by atoms with Crippen molar-refractivity contribution in [3.05, 3.63) is 48.0 Å². The summed E-state index contributed by atoms with van der Waals surface area (Å²) in [6.45, 7) is 0. The third-order valence-electron chi connectivity index (χ3n) is 1.92. The molecule has 0 atom stereocenters. The van der Waals surface area contributed by atoms with Crippen LogP contribution in [-0.2, 0) is 5.88 Å². The number of benzene rings is 1. The van der Waals surface area contributed by atoms with E-state index in [0.29, 0.717) is 0 Å². The summed E-state index contributed by atoms with van der Waals surface area (Å²) in [6, 6.07) is 1.85. The Morgan fingerprint density at radius 3 is 1.82 bits per heavy atom. The second-order valence-corrected chi connectivity index (χ2v) is 3.11. The molecule has 0 aliphatic carbocycles. The largest absolute Gasteiger partial charge is 0.422 e. The van der Waals surface area contributed by atoms with Gasteiger partial charge < -0.3 is 0 Å². The van der Waals surface area contributed by atoms with Gasteiger partial charge in [0, 0.05) is 6.07 Å². The maximum atomic E-state index is 10.7. The first-order chi connectivity index (χ1) is 7.90. The highest BCUT2D eigenvalue weighted by Crippen LogP contribution is 2.39. The lowest BCUT2D eigenvalue weighted by molar-refractivity contribution is -0.441. The number of nitro benzene ring substituents is 3. The summed E-state index contributed by atoms with van der Waals surface area (Å²) in [5, 5.41) is 31.9. The first-order valence-electron chi connectivity index (χ1n) is 4.05. The number of hydrogen-bond donors (Lipinski definition) is 0. The molecule has 1 aromatic rings. The fourth-order valence-corrected chi connectivity index (χ4v) is 1.47. The molecular formula is C7H4ClN3O6. The molecular weight excluding hydrogens is 258 g/mol. The van der Waals surface area contributed by atoms with E-state index in [9.17, 15) is 30.3 Å². The Hall–Kier alpha value is -2.29. The molecule has 10 heteroatoms. The first kappa shape index (κ1) is 12.8. The van der Waals surface area contributed by atoms with Gasteiger partial charge in [0.15, 0.2) is 0 Å². The number of alkyl halides is 1. The van der Waals surface area contributed by atoms with Gasteiger partial charge in [-0.05, 0) is 6.07 Å². The van der Waals surface area contributed by atoms with E-state index >= 15 is 0 Å². The van der Waals surface area contributed by atoms with E-state index in [4.69, 9.17) is 11.6 Å². The summed E-state index contributed by atoms with van der Waals surface area (Å²) >= 11 is 5.39. The Balaban J connectivity index is 3.71. The molecule has 90 valence electrons. The summed E-state index contributed by atoms with van der Waals surface area (Å²) in [5.41, 5.74) is -3.18. The zero-order valence-corrected chi connectivity index (χ0v) is 8.79. The molecule has 0 bridgehead atoms. The molecule has 0 unspecified atom stereocenters. The molecule has 0 heterocycles. The summed E-state index contributed by atoms with van der Waals surface area (Å²) in [7, 11) is 0. The number of nitro groups is 3. The van der Waals surface area contributed by atoms with E-state index < -0.39 is 31.8 Å². The van der Waals surface area contributed by atoms with Crippen molar-refractivity contribution < 1.29 is 14.8 Å². The Labute approximate surface area is 98.1 Å². The van der Waals surface area contributed by atoms with Gasteiger partial charge in [-0.25, -0.2) is 0 Å². The molecule has 0 amide bonds. The monoisotopic (exact) mass is 261 g/mol. The Morgan fingerprint density at radius 1 is 0.941 bits per heavy atom. The van der Waals surface area contributed by atoms with E-state index in [1.54, 1.807) is 0 Å². The SMILES string of the molecule is O=[N+]([O-])c1ccc(CCl)c([N+](=O)[O-])c1[N+](=O)[O-]. The van der Waals surface area contributed by atoms with Gasteiger partial charge in [-0.1, -0.05) is 0 Å². The zero-order valence-electron chi connectivity index (χ0n) is 8.03. The van der Waals surface area contributed by atoms with Crippen molar-refractivity contribution in [2.45, 2.75) is 5.88 Å². The predicted octanol–water partition coefficient (Wildman–Crippen LogP) is 2.15. The number of nitrogens with zero attached hydrogens (tertiary/aromatic N) is 3. The molecule has 0 N–H and O–H groups in total. The molecule has 0 saturated heterocycles. The van der Waals surface area contributed by atoms with Crippen LogP contribution in [0.2, 0.25) is 0 Å². The zero-order chi connectivity index (χ0) is 13.2. The molecule has 1 rings (SSSR count). The summed E-state index contributed by atoms with van der Waals surface area (Å²) in [5.74, 6) is -0.352. The van der Waals surface area contributed by atoms with Crippen LogP contribution >= 0.6 is 11.6 Å². The quantitative estimate of drug-likeness (QED) is 0.463. The average Bonchev–Trinajstić information content (AvgIpc) is 2.26. The standard InChI is InChI=1S/C7H4ClN3O6/c8-3-4-1-2-5(9(12)13)7(11(16)17)6(4)10(14)15/h1-2H,3H2. The van der Waals surface area contributed by atoms with Crippen molar-refractivity contribution in [2.75, 3.05) is 0 Å². The minimum atomic E-state index is -1.16. The highest BCUT2D eigenvalue weighted by atomic mass is 35.5. The normalized spacial score (nSPS) is 9.94. The molecule has 1 aromatic carbocycles. The second-order valence-electron chi connectivity index (χ2n) is 2.85. The lowest BCUT2D eigenvalue weighted by atomic mass is 10.1. The van der Waals surface area contributed by atoms with Gasteiger partial charge in [0.2, 0.25) is 0 Å². The Bertz CT molecular complexity index is 517. The van der Waals surface area contributed by atoms with Crippen LogP contribution in [0.1, 0.15) is 5.56 Å². The fraction of sp³-hybridized carbons (Fsp3) is 0.143. The van der Waals surface area contributed by atoms with Gasteiger partial charge in [-0.15, -0.1) is 11.6 Å². The van der Waals surface area contributed by atoms with Crippen LogP contribution in [0.3, 0.4) is 0 Å². The number of rotatable bonds is 4. The van der Waals surface area contributed by atoms with Crippen molar-refractivity contribution in [3.8, 4) is 0 Å². The molecule has 0 aromatic heterocycles. The lowest BCUT2D eigenvalue weighted by Crippen LogP contribution is -2.03.